The van der Waals surface area contributed by atoms with Gasteiger partial charge >= 0.3 is 5.97 Å². The summed E-state index contributed by atoms with van der Waals surface area (Å²) in [6.45, 7) is 1.87. The van der Waals surface area contributed by atoms with Crippen molar-refractivity contribution < 1.29 is 9.90 Å². The Kier molecular flexibility index (Phi) is 4.04. The van der Waals surface area contributed by atoms with Crippen LogP contribution in [0.25, 0.3) is 0 Å². The van der Waals surface area contributed by atoms with Crippen LogP contribution in [0.1, 0.15) is 15.9 Å². The number of carbonyl (C=O) groups is 1. The van der Waals surface area contributed by atoms with Crippen molar-refractivity contribution in [1.29, 1.82) is 0 Å². The van der Waals surface area contributed by atoms with Crippen molar-refractivity contribution in [3.63, 3.8) is 0 Å². The lowest BCUT2D eigenvalue weighted by molar-refractivity contribution is 0.0693. The van der Waals surface area contributed by atoms with Crippen molar-refractivity contribution in [2.75, 3.05) is 0 Å². The lowest BCUT2D eigenvalue weighted by Crippen LogP contribution is -1.99. The van der Waals surface area contributed by atoms with Crippen LogP contribution in [-0.4, -0.2) is 16.1 Å². The number of pyridine rings is 1. The monoisotopic (exact) mass is 323 g/mol. The van der Waals surface area contributed by atoms with E-state index in [2.05, 4.69) is 20.9 Å². The van der Waals surface area contributed by atoms with E-state index < -0.39 is 5.97 Å². The van der Waals surface area contributed by atoms with E-state index in [0.29, 0.717) is 10.5 Å². The highest BCUT2D eigenvalue weighted by molar-refractivity contribution is 9.10. The van der Waals surface area contributed by atoms with Crippen molar-refractivity contribution >= 4 is 33.7 Å². The highest BCUT2D eigenvalue weighted by Crippen LogP contribution is 2.33. The topological polar surface area (TPSA) is 50.2 Å². The standard InChI is InChI=1S/C13H10BrNO2S/c1-8-4-5-11(9(7-8)13(16)17)18-12-10(14)3-2-6-15-12/h2-7H,1H3,(H,16,17). The highest BCUT2D eigenvalue weighted by atomic mass is 79.9. The molecule has 0 saturated heterocycles. The molecule has 1 aromatic carbocycles. The fourth-order valence-electron chi connectivity index (χ4n) is 1.45. The fourth-order valence-corrected chi connectivity index (χ4v) is 2.83. The van der Waals surface area contributed by atoms with Crippen LogP contribution in [0, 0.1) is 6.92 Å². The predicted molar refractivity (Wildman–Crippen MR) is 74.2 cm³/mol. The normalized spacial score (nSPS) is 10.3. The van der Waals surface area contributed by atoms with Crippen molar-refractivity contribution in [2.24, 2.45) is 0 Å². The largest absolute Gasteiger partial charge is 0.478 e. The van der Waals surface area contributed by atoms with Gasteiger partial charge in [0.15, 0.2) is 0 Å². The molecular formula is C13H10BrNO2S. The highest BCUT2D eigenvalue weighted by Gasteiger charge is 2.13. The number of aromatic nitrogens is 1. The van der Waals surface area contributed by atoms with Crippen LogP contribution in [0.15, 0.2) is 50.9 Å². The molecule has 0 radical (unpaired) electrons. The number of carboxylic acids is 1. The molecule has 2 aromatic rings. The maximum absolute atomic E-state index is 11.2. The summed E-state index contributed by atoms with van der Waals surface area (Å²) < 4.78 is 0.854. The number of carboxylic acid groups (broad SMARTS) is 1. The third-order valence-electron chi connectivity index (χ3n) is 2.30. The lowest BCUT2D eigenvalue weighted by atomic mass is 10.1. The maximum atomic E-state index is 11.2. The van der Waals surface area contributed by atoms with Gasteiger partial charge in [-0.15, -0.1) is 0 Å². The summed E-state index contributed by atoms with van der Waals surface area (Å²) in [7, 11) is 0. The fraction of sp³-hybridized carbons (Fsp3) is 0.0769. The molecule has 0 aliphatic rings. The zero-order valence-corrected chi connectivity index (χ0v) is 12.0. The number of halogens is 1. The molecule has 1 aromatic heterocycles. The zero-order valence-electron chi connectivity index (χ0n) is 9.55. The lowest BCUT2D eigenvalue weighted by Gasteiger charge is -2.07. The van der Waals surface area contributed by atoms with Crippen LogP contribution in [0.3, 0.4) is 0 Å². The smallest absolute Gasteiger partial charge is 0.336 e. The summed E-state index contributed by atoms with van der Waals surface area (Å²) in [5.74, 6) is -0.923. The maximum Gasteiger partial charge on any atom is 0.336 e. The second kappa shape index (κ2) is 5.54. The van der Waals surface area contributed by atoms with Gasteiger partial charge in [-0.05, 0) is 47.1 Å². The van der Waals surface area contributed by atoms with Crippen LogP contribution >= 0.6 is 27.7 Å². The van der Waals surface area contributed by atoms with Gasteiger partial charge in [-0.1, -0.05) is 23.4 Å². The van der Waals surface area contributed by atoms with E-state index >= 15 is 0 Å². The summed E-state index contributed by atoms with van der Waals surface area (Å²) in [5, 5.41) is 9.95. The summed E-state index contributed by atoms with van der Waals surface area (Å²) in [5.41, 5.74) is 1.23. The van der Waals surface area contributed by atoms with Crippen LogP contribution in [0.5, 0.6) is 0 Å². The molecule has 92 valence electrons. The van der Waals surface area contributed by atoms with Gasteiger partial charge in [-0.25, -0.2) is 9.78 Å². The van der Waals surface area contributed by atoms with Gasteiger partial charge in [-0.3, -0.25) is 0 Å². The molecule has 0 aliphatic carbocycles. The van der Waals surface area contributed by atoms with Gasteiger partial charge < -0.3 is 5.11 Å². The summed E-state index contributed by atoms with van der Waals surface area (Å²) in [6.07, 6.45) is 1.68. The molecule has 5 heteroatoms. The molecule has 3 nitrogen and oxygen atoms in total. The quantitative estimate of drug-likeness (QED) is 0.927. The minimum absolute atomic E-state index is 0.303. The van der Waals surface area contributed by atoms with E-state index in [0.717, 1.165) is 15.1 Å². The first-order valence-electron chi connectivity index (χ1n) is 5.20. The summed E-state index contributed by atoms with van der Waals surface area (Å²) >= 11 is 4.74. The number of aryl methyl sites for hydroxylation is 1. The Hall–Kier alpha value is -1.33. The second-order valence-corrected chi connectivity index (χ2v) is 5.58. The van der Waals surface area contributed by atoms with Gasteiger partial charge in [-0.2, -0.15) is 0 Å². The Morgan fingerprint density at radius 1 is 1.39 bits per heavy atom. The van der Waals surface area contributed by atoms with Gasteiger partial charge in [0.1, 0.15) is 5.03 Å². The molecule has 0 aliphatic heterocycles. The van der Waals surface area contributed by atoms with Crippen LogP contribution < -0.4 is 0 Å². The van der Waals surface area contributed by atoms with Crippen LogP contribution in [0.2, 0.25) is 0 Å². The Morgan fingerprint density at radius 3 is 2.83 bits per heavy atom. The average molecular weight is 324 g/mol. The zero-order chi connectivity index (χ0) is 13.1. The first-order valence-corrected chi connectivity index (χ1v) is 6.81. The number of nitrogens with zero attached hydrogens (tertiary/aromatic N) is 1. The number of hydrogen-bond donors (Lipinski definition) is 1. The molecule has 0 amide bonds. The van der Waals surface area contributed by atoms with Gasteiger partial charge in [0.25, 0.3) is 0 Å². The predicted octanol–water partition coefficient (Wildman–Crippen LogP) is 4.00. The minimum atomic E-state index is -0.923. The molecule has 1 N–H and O–H groups in total. The van der Waals surface area contributed by atoms with E-state index in [1.165, 1.54) is 11.8 Å². The van der Waals surface area contributed by atoms with E-state index in [9.17, 15) is 9.90 Å². The summed E-state index contributed by atoms with van der Waals surface area (Å²) in [6, 6.07) is 9.07. The Morgan fingerprint density at radius 2 is 2.17 bits per heavy atom. The number of rotatable bonds is 3. The van der Waals surface area contributed by atoms with E-state index in [1.54, 1.807) is 12.3 Å². The molecule has 0 spiro atoms. The second-order valence-electron chi connectivity index (χ2n) is 3.70. The molecule has 0 saturated carbocycles. The van der Waals surface area contributed by atoms with E-state index in [-0.39, 0.29) is 0 Å². The number of hydrogen-bond acceptors (Lipinski definition) is 3. The van der Waals surface area contributed by atoms with Crippen molar-refractivity contribution in [3.8, 4) is 0 Å². The van der Waals surface area contributed by atoms with Crippen molar-refractivity contribution in [1.82, 2.24) is 4.98 Å². The Balaban J connectivity index is 2.41. The Labute approximate surface area is 117 Å². The molecule has 1 heterocycles. The van der Waals surface area contributed by atoms with Crippen LogP contribution in [-0.2, 0) is 0 Å². The molecule has 0 fully saturated rings. The van der Waals surface area contributed by atoms with Crippen molar-refractivity contribution in [3.05, 3.63) is 52.1 Å². The SMILES string of the molecule is Cc1ccc(Sc2ncccc2Br)c(C(=O)O)c1. The first kappa shape index (κ1) is 13.1. The molecular weight excluding hydrogens is 314 g/mol. The Bertz CT molecular complexity index is 601. The average Bonchev–Trinajstić information content (AvgIpc) is 2.34. The van der Waals surface area contributed by atoms with Gasteiger partial charge in [0, 0.05) is 11.1 Å². The van der Waals surface area contributed by atoms with Gasteiger partial charge in [0.2, 0.25) is 0 Å². The minimum Gasteiger partial charge on any atom is -0.478 e. The first-order chi connectivity index (χ1) is 8.58. The van der Waals surface area contributed by atoms with Gasteiger partial charge in [0.05, 0.1) is 10.0 Å². The number of benzene rings is 1. The third-order valence-corrected chi connectivity index (χ3v) is 4.29. The van der Waals surface area contributed by atoms with E-state index in [4.69, 9.17) is 0 Å². The molecule has 18 heavy (non-hydrogen) atoms. The molecule has 0 atom stereocenters. The third kappa shape index (κ3) is 2.91. The van der Waals surface area contributed by atoms with Crippen LogP contribution in [0.4, 0.5) is 0 Å². The molecule has 0 bridgehead atoms. The molecule has 2 rings (SSSR count). The van der Waals surface area contributed by atoms with E-state index in [1.807, 2.05) is 31.2 Å². The molecule has 0 unspecified atom stereocenters. The summed E-state index contributed by atoms with van der Waals surface area (Å²) in [4.78, 5) is 16.1. The number of aromatic carboxylic acids is 1. The van der Waals surface area contributed by atoms with Crippen molar-refractivity contribution in [2.45, 2.75) is 16.8 Å².